The number of hydrogen-bond donors (Lipinski definition) is 2. The highest BCUT2D eigenvalue weighted by molar-refractivity contribution is 7.12. The minimum Gasteiger partial charge on any atom is -0.317 e. The van der Waals surface area contributed by atoms with E-state index in [9.17, 15) is 0 Å². The Kier molecular flexibility index (Phi) is 5.01. The number of thiophene rings is 1. The summed E-state index contributed by atoms with van der Waals surface area (Å²) in [5, 5.41) is 7.00. The molecule has 0 bridgehead atoms. The smallest absolute Gasteiger partial charge is 0.0299 e. The summed E-state index contributed by atoms with van der Waals surface area (Å²) in [6, 6.07) is 2.32. The van der Waals surface area contributed by atoms with E-state index in [0.717, 1.165) is 12.5 Å². The van der Waals surface area contributed by atoms with E-state index in [-0.39, 0.29) is 0 Å². The molecular weight excluding hydrogens is 228 g/mol. The van der Waals surface area contributed by atoms with Gasteiger partial charge in [0.2, 0.25) is 0 Å². The van der Waals surface area contributed by atoms with Crippen molar-refractivity contribution in [2.24, 2.45) is 5.92 Å². The summed E-state index contributed by atoms with van der Waals surface area (Å²) in [6.07, 6.45) is 4.06. The van der Waals surface area contributed by atoms with Crippen LogP contribution in [-0.2, 0) is 6.54 Å². The molecule has 1 fully saturated rings. The Labute approximate surface area is 109 Å². The first-order chi connectivity index (χ1) is 8.25. The molecule has 1 aromatic heterocycles. The molecule has 0 aliphatic carbocycles. The molecule has 17 heavy (non-hydrogen) atoms. The quantitative estimate of drug-likeness (QED) is 0.788. The highest BCUT2D eigenvalue weighted by Crippen LogP contribution is 2.20. The van der Waals surface area contributed by atoms with E-state index >= 15 is 0 Å². The molecule has 0 radical (unpaired) electrons. The predicted molar refractivity (Wildman–Crippen MR) is 75.7 cm³/mol. The molecule has 2 N–H and O–H groups in total. The average molecular weight is 252 g/mol. The standard InChI is InChI=1S/C14H24N2S/c1-11-9-14(17-12(11)2)10-16-8-5-13-3-6-15-7-4-13/h9,13,15-16H,3-8,10H2,1-2H3. The lowest BCUT2D eigenvalue weighted by molar-refractivity contribution is 0.348. The normalized spacial score (nSPS) is 17.5. The monoisotopic (exact) mass is 252 g/mol. The third kappa shape index (κ3) is 4.09. The van der Waals surface area contributed by atoms with Gasteiger partial charge in [-0.15, -0.1) is 11.3 Å². The molecule has 1 aliphatic heterocycles. The zero-order valence-electron chi connectivity index (χ0n) is 11.0. The topological polar surface area (TPSA) is 24.1 Å². The maximum absolute atomic E-state index is 3.58. The maximum Gasteiger partial charge on any atom is 0.0299 e. The first-order valence-corrected chi connectivity index (χ1v) is 7.54. The molecule has 2 heterocycles. The van der Waals surface area contributed by atoms with Gasteiger partial charge in [-0.25, -0.2) is 0 Å². The van der Waals surface area contributed by atoms with E-state index in [0.29, 0.717) is 0 Å². The third-order valence-corrected chi connectivity index (χ3v) is 4.86. The Balaban J connectivity index is 1.62. The summed E-state index contributed by atoms with van der Waals surface area (Å²) in [6.45, 7) is 9.05. The Hall–Kier alpha value is -0.380. The van der Waals surface area contributed by atoms with Gasteiger partial charge in [0, 0.05) is 16.3 Å². The van der Waals surface area contributed by atoms with E-state index in [2.05, 4.69) is 30.5 Å². The third-order valence-electron chi connectivity index (χ3n) is 3.70. The lowest BCUT2D eigenvalue weighted by atomic mass is 9.95. The van der Waals surface area contributed by atoms with Gasteiger partial charge in [0.25, 0.3) is 0 Å². The van der Waals surface area contributed by atoms with E-state index < -0.39 is 0 Å². The zero-order chi connectivity index (χ0) is 12.1. The number of piperidine rings is 1. The fraction of sp³-hybridized carbons (Fsp3) is 0.714. The minimum atomic E-state index is 0.940. The van der Waals surface area contributed by atoms with Gasteiger partial charge in [0.05, 0.1) is 0 Å². The first kappa shape index (κ1) is 13.1. The van der Waals surface area contributed by atoms with E-state index in [1.807, 2.05) is 11.3 Å². The Morgan fingerprint density at radius 1 is 1.35 bits per heavy atom. The highest BCUT2D eigenvalue weighted by atomic mass is 32.1. The largest absolute Gasteiger partial charge is 0.317 e. The molecule has 2 nitrogen and oxygen atoms in total. The second-order valence-corrected chi connectivity index (χ2v) is 6.45. The molecule has 0 amide bonds. The van der Waals surface area contributed by atoms with E-state index in [1.54, 1.807) is 0 Å². The molecule has 3 heteroatoms. The molecule has 1 aromatic rings. The summed E-state index contributed by atoms with van der Waals surface area (Å²) < 4.78 is 0. The average Bonchev–Trinajstić information content (AvgIpc) is 2.66. The van der Waals surface area contributed by atoms with Crippen molar-refractivity contribution < 1.29 is 0 Å². The van der Waals surface area contributed by atoms with Crippen LogP contribution >= 0.6 is 11.3 Å². The summed E-state index contributed by atoms with van der Waals surface area (Å²) in [5.74, 6) is 0.940. The number of aryl methyl sites for hydroxylation is 2. The number of rotatable bonds is 5. The van der Waals surface area contributed by atoms with Crippen LogP contribution in [0.15, 0.2) is 6.07 Å². The molecule has 0 saturated carbocycles. The van der Waals surface area contributed by atoms with Crippen LogP contribution < -0.4 is 10.6 Å². The fourth-order valence-corrected chi connectivity index (χ4v) is 3.45. The van der Waals surface area contributed by atoms with Crippen molar-refractivity contribution in [3.63, 3.8) is 0 Å². The van der Waals surface area contributed by atoms with Crippen LogP contribution in [-0.4, -0.2) is 19.6 Å². The van der Waals surface area contributed by atoms with Crippen molar-refractivity contribution in [1.29, 1.82) is 0 Å². The molecular formula is C14H24N2S. The lowest BCUT2D eigenvalue weighted by Crippen LogP contribution is -2.29. The second kappa shape index (κ2) is 6.53. The van der Waals surface area contributed by atoms with Crippen LogP contribution in [0.5, 0.6) is 0 Å². The SMILES string of the molecule is Cc1cc(CNCCC2CCNCC2)sc1C. The van der Waals surface area contributed by atoms with Crippen molar-refractivity contribution >= 4 is 11.3 Å². The van der Waals surface area contributed by atoms with Crippen molar-refractivity contribution in [3.8, 4) is 0 Å². The van der Waals surface area contributed by atoms with E-state index in [1.165, 1.54) is 54.2 Å². The Morgan fingerprint density at radius 2 is 2.12 bits per heavy atom. The second-order valence-electron chi connectivity index (χ2n) is 5.11. The van der Waals surface area contributed by atoms with Crippen molar-refractivity contribution in [2.45, 2.75) is 39.7 Å². The molecule has 0 spiro atoms. The van der Waals surface area contributed by atoms with Crippen LogP contribution in [0.2, 0.25) is 0 Å². The summed E-state index contributed by atoms with van der Waals surface area (Å²) in [4.78, 5) is 2.94. The molecule has 96 valence electrons. The van der Waals surface area contributed by atoms with Crippen LogP contribution in [0.3, 0.4) is 0 Å². The zero-order valence-corrected chi connectivity index (χ0v) is 11.8. The van der Waals surface area contributed by atoms with Gasteiger partial charge in [-0.3, -0.25) is 0 Å². The van der Waals surface area contributed by atoms with Crippen LogP contribution in [0, 0.1) is 19.8 Å². The van der Waals surface area contributed by atoms with Crippen molar-refractivity contribution in [2.75, 3.05) is 19.6 Å². The molecule has 2 rings (SSSR count). The van der Waals surface area contributed by atoms with Crippen LogP contribution in [0.1, 0.15) is 34.6 Å². The molecule has 1 aliphatic rings. The Morgan fingerprint density at radius 3 is 2.76 bits per heavy atom. The van der Waals surface area contributed by atoms with Gasteiger partial charge in [-0.05, 0) is 70.3 Å². The molecule has 0 atom stereocenters. The lowest BCUT2D eigenvalue weighted by Gasteiger charge is -2.22. The summed E-state index contributed by atoms with van der Waals surface area (Å²) in [5.41, 5.74) is 1.44. The van der Waals surface area contributed by atoms with Gasteiger partial charge in [-0.1, -0.05) is 0 Å². The Bertz CT molecular complexity index is 320. The van der Waals surface area contributed by atoms with Gasteiger partial charge in [-0.2, -0.15) is 0 Å². The highest BCUT2D eigenvalue weighted by Gasteiger charge is 2.11. The molecule has 0 unspecified atom stereocenters. The number of hydrogen-bond acceptors (Lipinski definition) is 3. The van der Waals surface area contributed by atoms with Gasteiger partial charge >= 0.3 is 0 Å². The van der Waals surface area contributed by atoms with Crippen molar-refractivity contribution in [1.82, 2.24) is 10.6 Å². The molecule has 0 aromatic carbocycles. The maximum atomic E-state index is 3.58. The fourth-order valence-electron chi connectivity index (χ4n) is 2.42. The van der Waals surface area contributed by atoms with Gasteiger partial charge in [0.15, 0.2) is 0 Å². The van der Waals surface area contributed by atoms with Crippen LogP contribution in [0.25, 0.3) is 0 Å². The summed E-state index contributed by atoms with van der Waals surface area (Å²) in [7, 11) is 0. The van der Waals surface area contributed by atoms with Crippen LogP contribution in [0.4, 0.5) is 0 Å². The van der Waals surface area contributed by atoms with Gasteiger partial charge < -0.3 is 10.6 Å². The minimum absolute atomic E-state index is 0.940. The van der Waals surface area contributed by atoms with Crippen molar-refractivity contribution in [3.05, 3.63) is 21.4 Å². The first-order valence-electron chi connectivity index (χ1n) is 6.73. The molecule has 1 saturated heterocycles. The van der Waals surface area contributed by atoms with E-state index in [4.69, 9.17) is 0 Å². The summed E-state index contributed by atoms with van der Waals surface area (Å²) >= 11 is 1.93. The van der Waals surface area contributed by atoms with Gasteiger partial charge in [0.1, 0.15) is 0 Å². The predicted octanol–water partition coefficient (Wildman–Crippen LogP) is 2.84. The number of nitrogens with one attached hydrogen (secondary N) is 2.